The van der Waals surface area contributed by atoms with Crippen molar-refractivity contribution in [2.45, 2.75) is 20.3 Å². The van der Waals surface area contributed by atoms with Crippen LogP contribution in [0.2, 0.25) is 0 Å². The topological polar surface area (TPSA) is 44.9 Å². The molecule has 1 amide bonds. The van der Waals surface area contributed by atoms with E-state index in [9.17, 15) is 4.79 Å². The van der Waals surface area contributed by atoms with Crippen LogP contribution in [0.4, 0.5) is 0 Å². The van der Waals surface area contributed by atoms with Gasteiger partial charge < -0.3 is 10.3 Å². The molecule has 0 bridgehead atoms. The molecule has 3 nitrogen and oxygen atoms in total. The number of H-pyrrole nitrogens is 1. The van der Waals surface area contributed by atoms with E-state index in [1.54, 1.807) is 0 Å². The van der Waals surface area contributed by atoms with Crippen LogP contribution in [0.25, 0.3) is 10.9 Å². The minimum absolute atomic E-state index is 0.0550. The fourth-order valence-electron chi connectivity index (χ4n) is 2.60. The minimum atomic E-state index is 0.0550. The summed E-state index contributed by atoms with van der Waals surface area (Å²) >= 11 is 0. The SMILES string of the molecule is Cc1cc(C)c2c3c([nH]c2c1)CCNC3=O. The van der Waals surface area contributed by atoms with E-state index in [4.69, 9.17) is 0 Å². The van der Waals surface area contributed by atoms with Crippen LogP contribution in [-0.2, 0) is 6.42 Å². The van der Waals surface area contributed by atoms with Gasteiger partial charge >= 0.3 is 0 Å². The zero-order valence-electron chi connectivity index (χ0n) is 9.48. The molecule has 1 aliphatic heterocycles. The van der Waals surface area contributed by atoms with Gasteiger partial charge in [0, 0.05) is 29.6 Å². The Kier molecular flexibility index (Phi) is 1.84. The van der Waals surface area contributed by atoms with Gasteiger partial charge in [-0.1, -0.05) is 6.07 Å². The lowest BCUT2D eigenvalue weighted by atomic mass is 10.0. The summed E-state index contributed by atoms with van der Waals surface area (Å²) in [6.45, 7) is 4.87. The largest absolute Gasteiger partial charge is 0.358 e. The van der Waals surface area contributed by atoms with E-state index in [1.165, 1.54) is 11.1 Å². The quantitative estimate of drug-likeness (QED) is 0.692. The molecule has 3 heteroatoms. The Labute approximate surface area is 93.9 Å². The van der Waals surface area contributed by atoms with Crippen LogP contribution >= 0.6 is 0 Å². The van der Waals surface area contributed by atoms with Gasteiger partial charge in [-0.3, -0.25) is 4.79 Å². The molecule has 3 rings (SSSR count). The van der Waals surface area contributed by atoms with Crippen molar-refractivity contribution in [3.8, 4) is 0 Å². The number of carbonyl (C=O) groups excluding carboxylic acids is 1. The van der Waals surface area contributed by atoms with E-state index in [0.29, 0.717) is 0 Å². The summed E-state index contributed by atoms with van der Waals surface area (Å²) in [6.07, 6.45) is 0.897. The number of amides is 1. The molecule has 0 atom stereocenters. The predicted molar refractivity (Wildman–Crippen MR) is 63.8 cm³/mol. The highest BCUT2D eigenvalue weighted by Gasteiger charge is 2.22. The van der Waals surface area contributed by atoms with Gasteiger partial charge in [-0.2, -0.15) is 0 Å². The second-order valence-electron chi connectivity index (χ2n) is 4.49. The molecule has 0 fully saturated rings. The van der Waals surface area contributed by atoms with Gasteiger partial charge in [0.1, 0.15) is 0 Å². The molecule has 0 radical (unpaired) electrons. The molecule has 0 saturated heterocycles. The summed E-state index contributed by atoms with van der Waals surface area (Å²) in [6, 6.07) is 4.23. The van der Waals surface area contributed by atoms with E-state index in [0.717, 1.165) is 35.1 Å². The first-order chi connectivity index (χ1) is 7.66. The van der Waals surface area contributed by atoms with Gasteiger partial charge in [0.25, 0.3) is 5.91 Å². The highest BCUT2D eigenvalue weighted by atomic mass is 16.1. The number of rotatable bonds is 0. The summed E-state index contributed by atoms with van der Waals surface area (Å²) in [4.78, 5) is 15.2. The Morgan fingerprint density at radius 3 is 2.88 bits per heavy atom. The lowest BCUT2D eigenvalue weighted by Gasteiger charge is -2.12. The standard InChI is InChI=1S/C13H14N2O/c1-7-5-8(2)11-10(6-7)15-9-3-4-14-13(16)12(9)11/h5-6,15H,3-4H2,1-2H3,(H,14,16). The summed E-state index contributed by atoms with van der Waals surface area (Å²) in [5, 5.41) is 3.98. The number of aromatic nitrogens is 1. The van der Waals surface area contributed by atoms with Gasteiger partial charge in [0.05, 0.1) is 5.56 Å². The van der Waals surface area contributed by atoms with Gasteiger partial charge in [-0.15, -0.1) is 0 Å². The fraction of sp³-hybridized carbons (Fsp3) is 0.308. The van der Waals surface area contributed by atoms with E-state index >= 15 is 0 Å². The predicted octanol–water partition coefficient (Wildman–Crippen LogP) is 2.07. The van der Waals surface area contributed by atoms with Crippen molar-refractivity contribution >= 4 is 16.8 Å². The van der Waals surface area contributed by atoms with Gasteiger partial charge in [0.15, 0.2) is 0 Å². The van der Waals surface area contributed by atoms with Crippen LogP contribution in [-0.4, -0.2) is 17.4 Å². The number of hydrogen-bond acceptors (Lipinski definition) is 1. The number of aryl methyl sites for hydroxylation is 2. The number of fused-ring (bicyclic) bond motifs is 3. The van der Waals surface area contributed by atoms with Crippen molar-refractivity contribution in [1.29, 1.82) is 0 Å². The average Bonchev–Trinajstić information content (AvgIpc) is 2.56. The molecule has 0 saturated carbocycles. The summed E-state index contributed by atoms with van der Waals surface area (Å²) < 4.78 is 0. The van der Waals surface area contributed by atoms with Gasteiger partial charge in [-0.25, -0.2) is 0 Å². The molecule has 2 heterocycles. The Morgan fingerprint density at radius 2 is 2.06 bits per heavy atom. The maximum atomic E-state index is 11.9. The molecule has 0 aliphatic carbocycles. The third-order valence-electron chi connectivity index (χ3n) is 3.20. The zero-order chi connectivity index (χ0) is 11.3. The van der Waals surface area contributed by atoms with E-state index in [1.807, 2.05) is 0 Å². The third-order valence-corrected chi connectivity index (χ3v) is 3.20. The van der Waals surface area contributed by atoms with Crippen LogP contribution in [0.5, 0.6) is 0 Å². The highest BCUT2D eigenvalue weighted by molar-refractivity contribution is 6.10. The normalized spacial score (nSPS) is 15.0. The molecule has 16 heavy (non-hydrogen) atoms. The molecule has 1 aliphatic rings. The van der Waals surface area contributed by atoms with Crippen molar-refractivity contribution in [3.63, 3.8) is 0 Å². The summed E-state index contributed by atoms with van der Waals surface area (Å²) in [7, 11) is 0. The van der Waals surface area contributed by atoms with E-state index < -0.39 is 0 Å². The van der Waals surface area contributed by atoms with Crippen molar-refractivity contribution < 1.29 is 4.79 Å². The van der Waals surface area contributed by atoms with Crippen LogP contribution < -0.4 is 5.32 Å². The lowest BCUT2D eigenvalue weighted by molar-refractivity contribution is 0.0947. The second kappa shape index (κ2) is 3.11. The Bertz CT molecular complexity index is 595. The van der Waals surface area contributed by atoms with Crippen LogP contribution in [0, 0.1) is 13.8 Å². The molecule has 2 N–H and O–H groups in total. The van der Waals surface area contributed by atoms with Crippen LogP contribution in [0.1, 0.15) is 27.2 Å². The van der Waals surface area contributed by atoms with Crippen LogP contribution in [0.15, 0.2) is 12.1 Å². The number of nitrogens with one attached hydrogen (secondary N) is 2. The number of aromatic amines is 1. The first-order valence-electron chi connectivity index (χ1n) is 5.57. The Balaban J connectivity index is 2.42. The molecule has 0 spiro atoms. The van der Waals surface area contributed by atoms with Crippen molar-refractivity contribution in [2.75, 3.05) is 6.54 Å². The zero-order valence-corrected chi connectivity index (χ0v) is 9.48. The Morgan fingerprint density at radius 1 is 1.25 bits per heavy atom. The molecule has 1 aromatic heterocycles. The highest BCUT2D eigenvalue weighted by Crippen LogP contribution is 2.28. The van der Waals surface area contributed by atoms with Crippen molar-refractivity contribution in [1.82, 2.24) is 10.3 Å². The summed E-state index contributed by atoms with van der Waals surface area (Å²) in [5.41, 5.74) is 5.40. The van der Waals surface area contributed by atoms with Crippen molar-refractivity contribution in [3.05, 3.63) is 34.5 Å². The monoisotopic (exact) mass is 214 g/mol. The number of carbonyl (C=O) groups is 1. The number of hydrogen-bond donors (Lipinski definition) is 2. The average molecular weight is 214 g/mol. The van der Waals surface area contributed by atoms with Crippen LogP contribution in [0.3, 0.4) is 0 Å². The maximum Gasteiger partial charge on any atom is 0.253 e. The number of benzene rings is 1. The third kappa shape index (κ3) is 1.18. The van der Waals surface area contributed by atoms with Gasteiger partial charge in [0.2, 0.25) is 0 Å². The lowest BCUT2D eigenvalue weighted by Crippen LogP contribution is -2.31. The molecular formula is C13H14N2O. The molecular weight excluding hydrogens is 200 g/mol. The van der Waals surface area contributed by atoms with E-state index in [-0.39, 0.29) is 5.91 Å². The minimum Gasteiger partial charge on any atom is -0.358 e. The molecule has 2 aromatic rings. The second-order valence-corrected chi connectivity index (χ2v) is 4.49. The first kappa shape index (κ1) is 9.46. The molecule has 0 unspecified atom stereocenters. The van der Waals surface area contributed by atoms with Gasteiger partial charge in [-0.05, 0) is 31.0 Å². The fourth-order valence-corrected chi connectivity index (χ4v) is 2.60. The smallest absolute Gasteiger partial charge is 0.253 e. The molecule has 82 valence electrons. The van der Waals surface area contributed by atoms with E-state index in [2.05, 4.69) is 36.3 Å². The molecule has 1 aromatic carbocycles. The maximum absolute atomic E-state index is 11.9. The summed E-state index contributed by atoms with van der Waals surface area (Å²) in [5.74, 6) is 0.0550. The first-order valence-corrected chi connectivity index (χ1v) is 5.57. The Hall–Kier alpha value is -1.77. The van der Waals surface area contributed by atoms with Crippen molar-refractivity contribution in [2.24, 2.45) is 0 Å².